The van der Waals surface area contributed by atoms with Crippen LogP contribution < -0.4 is 16.2 Å². The molecule has 0 amide bonds. The molecule has 3 aromatic rings. The minimum absolute atomic E-state index is 0.0134. The monoisotopic (exact) mass is 404 g/mol. The van der Waals surface area contributed by atoms with Crippen LogP contribution in [-0.2, 0) is 11.7 Å². The zero-order valence-electron chi connectivity index (χ0n) is 15.2. The first-order valence-corrected chi connectivity index (χ1v) is 8.63. The first-order chi connectivity index (χ1) is 13.6. The molecular formula is C20H16F4N4O. The zero-order chi connectivity index (χ0) is 21.0. The lowest BCUT2D eigenvalue weighted by atomic mass is 9.82. The quantitative estimate of drug-likeness (QED) is 0.639. The molecule has 1 aliphatic rings. The highest BCUT2D eigenvalue weighted by Crippen LogP contribution is 2.47. The summed E-state index contributed by atoms with van der Waals surface area (Å²) in [5, 5.41) is 0. The van der Waals surface area contributed by atoms with Gasteiger partial charge in [-0.25, -0.2) is 4.39 Å². The molecular weight excluding hydrogens is 388 g/mol. The molecule has 0 saturated heterocycles. The second-order valence-corrected chi connectivity index (χ2v) is 6.82. The van der Waals surface area contributed by atoms with Gasteiger partial charge in [-0.15, -0.1) is 0 Å². The number of alkyl halides is 3. The average Bonchev–Trinajstić information content (AvgIpc) is 2.92. The third kappa shape index (κ3) is 3.02. The number of aromatic nitrogens is 2. The molecule has 4 N–H and O–H groups in total. The standard InChI is InChI=1S/C20H16F4N4O/c1-10-8-11(4-6-27-10)16-17-13(5-7-28-16)19(26,18(25)29-17)12-2-3-15(21)14(9-12)20(22,23)24/h2-9,18H,25-26H2,1H3. The number of hydrogen-bond acceptors (Lipinski definition) is 5. The van der Waals surface area contributed by atoms with Crippen molar-refractivity contribution in [3.63, 3.8) is 0 Å². The zero-order valence-corrected chi connectivity index (χ0v) is 15.2. The largest absolute Gasteiger partial charge is 0.470 e. The van der Waals surface area contributed by atoms with Crippen LogP contribution in [0, 0.1) is 12.7 Å². The number of aryl methyl sites for hydroxylation is 1. The summed E-state index contributed by atoms with van der Waals surface area (Å²) >= 11 is 0. The molecule has 5 nitrogen and oxygen atoms in total. The summed E-state index contributed by atoms with van der Waals surface area (Å²) in [5.74, 6) is -1.12. The Morgan fingerprint density at radius 1 is 1.07 bits per heavy atom. The number of rotatable bonds is 2. The first-order valence-electron chi connectivity index (χ1n) is 8.63. The second kappa shape index (κ2) is 6.50. The van der Waals surface area contributed by atoms with Gasteiger partial charge in [0.1, 0.15) is 17.1 Å². The van der Waals surface area contributed by atoms with Crippen molar-refractivity contribution >= 4 is 0 Å². The molecule has 4 rings (SSSR count). The van der Waals surface area contributed by atoms with Crippen LogP contribution >= 0.6 is 0 Å². The van der Waals surface area contributed by atoms with Gasteiger partial charge in [-0.05, 0) is 42.8 Å². The predicted octanol–water partition coefficient (Wildman–Crippen LogP) is 3.49. The van der Waals surface area contributed by atoms with E-state index in [4.69, 9.17) is 16.2 Å². The molecule has 3 heterocycles. The van der Waals surface area contributed by atoms with Gasteiger partial charge in [-0.2, -0.15) is 13.2 Å². The van der Waals surface area contributed by atoms with E-state index < -0.39 is 29.3 Å². The van der Waals surface area contributed by atoms with E-state index in [2.05, 4.69) is 9.97 Å². The molecule has 2 atom stereocenters. The number of ether oxygens (including phenoxy) is 1. The van der Waals surface area contributed by atoms with Gasteiger partial charge in [0, 0.05) is 29.2 Å². The number of halogens is 4. The van der Waals surface area contributed by atoms with Crippen molar-refractivity contribution in [2.24, 2.45) is 11.5 Å². The Bertz CT molecular complexity index is 1100. The molecule has 0 radical (unpaired) electrons. The minimum Gasteiger partial charge on any atom is -0.470 e. The van der Waals surface area contributed by atoms with E-state index in [1.54, 1.807) is 18.3 Å². The summed E-state index contributed by atoms with van der Waals surface area (Å²) < 4.78 is 59.1. The summed E-state index contributed by atoms with van der Waals surface area (Å²) in [7, 11) is 0. The van der Waals surface area contributed by atoms with Crippen molar-refractivity contribution in [3.8, 4) is 17.0 Å². The molecule has 150 valence electrons. The van der Waals surface area contributed by atoms with Crippen LogP contribution in [0.15, 0.2) is 48.8 Å². The molecule has 0 fully saturated rings. The van der Waals surface area contributed by atoms with E-state index in [9.17, 15) is 17.6 Å². The highest BCUT2D eigenvalue weighted by Gasteiger charge is 2.48. The molecule has 0 aliphatic carbocycles. The highest BCUT2D eigenvalue weighted by atomic mass is 19.4. The van der Waals surface area contributed by atoms with E-state index in [1.807, 2.05) is 6.92 Å². The summed E-state index contributed by atoms with van der Waals surface area (Å²) in [6.07, 6.45) is -3.00. The Balaban J connectivity index is 1.90. The van der Waals surface area contributed by atoms with Crippen molar-refractivity contribution in [2.45, 2.75) is 24.9 Å². The van der Waals surface area contributed by atoms with Crippen LogP contribution in [0.4, 0.5) is 17.6 Å². The third-order valence-corrected chi connectivity index (χ3v) is 4.96. The topological polar surface area (TPSA) is 87.0 Å². The minimum atomic E-state index is -4.87. The Kier molecular flexibility index (Phi) is 4.32. The summed E-state index contributed by atoms with van der Waals surface area (Å²) in [6, 6.07) is 7.63. The van der Waals surface area contributed by atoms with E-state index in [1.165, 1.54) is 18.3 Å². The maximum atomic E-state index is 13.8. The normalized spacial score (nSPS) is 21.0. The highest BCUT2D eigenvalue weighted by molar-refractivity contribution is 5.71. The molecule has 29 heavy (non-hydrogen) atoms. The lowest BCUT2D eigenvalue weighted by molar-refractivity contribution is -0.140. The summed E-state index contributed by atoms with van der Waals surface area (Å²) in [6.45, 7) is 1.81. The molecule has 1 aromatic carbocycles. The van der Waals surface area contributed by atoms with Gasteiger partial charge in [-0.1, -0.05) is 6.07 Å². The van der Waals surface area contributed by atoms with Crippen LogP contribution in [-0.4, -0.2) is 16.2 Å². The van der Waals surface area contributed by atoms with Gasteiger partial charge in [0.25, 0.3) is 0 Å². The summed E-state index contributed by atoms with van der Waals surface area (Å²) in [5.41, 5.74) is 11.8. The van der Waals surface area contributed by atoms with Crippen molar-refractivity contribution < 1.29 is 22.3 Å². The molecule has 9 heteroatoms. The summed E-state index contributed by atoms with van der Waals surface area (Å²) in [4.78, 5) is 8.45. The van der Waals surface area contributed by atoms with E-state index in [0.717, 1.165) is 11.8 Å². The van der Waals surface area contributed by atoms with Crippen molar-refractivity contribution in [1.82, 2.24) is 9.97 Å². The van der Waals surface area contributed by atoms with Gasteiger partial charge in [0.15, 0.2) is 12.0 Å². The van der Waals surface area contributed by atoms with Crippen LogP contribution in [0.3, 0.4) is 0 Å². The fourth-order valence-corrected chi connectivity index (χ4v) is 3.48. The smallest absolute Gasteiger partial charge is 0.419 e. The maximum absolute atomic E-state index is 13.8. The number of hydrogen-bond donors (Lipinski definition) is 2. The fraction of sp³-hybridized carbons (Fsp3) is 0.200. The predicted molar refractivity (Wildman–Crippen MR) is 97.2 cm³/mol. The SMILES string of the molecule is Cc1cc(-c2nccc3c2OC(N)C3(N)c2ccc(F)c(C(F)(F)F)c2)ccn1. The van der Waals surface area contributed by atoms with Gasteiger partial charge in [0.2, 0.25) is 0 Å². The lowest BCUT2D eigenvalue weighted by Crippen LogP contribution is -2.52. The number of fused-ring (bicyclic) bond motifs is 1. The Hall–Kier alpha value is -3.04. The number of pyridine rings is 2. The van der Waals surface area contributed by atoms with E-state index in [-0.39, 0.29) is 11.3 Å². The lowest BCUT2D eigenvalue weighted by Gasteiger charge is -2.28. The second-order valence-electron chi connectivity index (χ2n) is 6.82. The van der Waals surface area contributed by atoms with Crippen molar-refractivity contribution in [2.75, 3.05) is 0 Å². The molecule has 0 spiro atoms. The van der Waals surface area contributed by atoms with Crippen LogP contribution in [0.2, 0.25) is 0 Å². The van der Waals surface area contributed by atoms with Gasteiger partial charge < -0.3 is 10.5 Å². The number of nitrogens with zero attached hydrogens (tertiary/aromatic N) is 2. The maximum Gasteiger partial charge on any atom is 0.419 e. The van der Waals surface area contributed by atoms with Crippen molar-refractivity contribution in [3.05, 3.63) is 77.0 Å². The van der Waals surface area contributed by atoms with Gasteiger partial charge >= 0.3 is 6.18 Å². The average molecular weight is 404 g/mol. The van der Waals surface area contributed by atoms with Crippen LogP contribution in [0.1, 0.15) is 22.4 Å². The molecule has 1 aliphatic heterocycles. The van der Waals surface area contributed by atoms with Crippen LogP contribution in [0.5, 0.6) is 5.75 Å². The Labute approximate surface area is 163 Å². The molecule has 2 aromatic heterocycles. The fourth-order valence-electron chi connectivity index (χ4n) is 3.48. The number of benzene rings is 1. The Morgan fingerprint density at radius 3 is 2.48 bits per heavy atom. The van der Waals surface area contributed by atoms with Crippen molar-refractivity contribution in [1.29, 1.82) is 0 Å². The van der Waals surface area contributed by atoms with Gasteiger partial charge in [-0.3, -0.25) is 15.7 Å². The molecule has 0 saturated carbocycles. The van der Waals surface area contributed by atoms with E-state index >= 15 is 0 Å². The molecule has 2 unspecified atom stereocenters. The van der Waals surface area contributed by atoms with Gasteiger partial charge in [0.05, 0.1) is 5.56 Å². The first kappa shape index (κ1) is 19.3. The Morgan fingerprint density at radius 2 is 1.79 bits per heavy atom. The third-order valence-electron chi connectivity index (χ3n) is 4.96. The van der Waals surface area contributed by atoms with Crippen LogP contribution in [0.25, 0.3) is 11.3 Å². The number of nitrogens with two attached hydrogens (primary N) is 2. The molecule has 0 bridgehead atoms. The van der Waals surface area contributed by atoms with E-state index in [0.29, 0.717) is 22.9 Å².